The van der Waals surface area contributed by atoms with Gasteiger partial charge in [0, 0.05) is 36.4 Å². The first kappa shape index (κ1) is 21.6. The lowest BCUT2D eigenvalue weighted by Gasteiger charge is -2.17. The normalized spacial score (nSPS) is 15.9. The fourth-order valence-corrected chi connectivity index (χ4v) is 3.52. The van der Waals surface area contributed by atoms with Gasteiger partial charge < -0.3 is 15.5 Å². The van der Waals surface area contributed by atoms with Crippen LogP contribution in [0.3, 0.4) is 0 Å². The second-order valence-electron chi connectivity index (χ2n) is 7.65. The van der Waals surface area contributed by atoms with E-state index in [0.29, 0.717) is 24.3 Å². The molecule has 1 saturated heterocycles. The zero-order valence-electron chi connectivity index (χ0n) is 17.6. The number of hydrogen-bond acceptors (Lipinski definition) is 3. The molecule has 3 rings (SSSR count). The summed E-state index contributed by atoms with van der Waals surface area (Å²) in [5.74, 6) is -0.729. The molecule has 0 bridgehead atoms. The highest BCUT2D eigenvalue weighted by molar-refractivity contribution is 6.03. The van der Waals surface area contributed by atoms with Crippen molar-refractivity contribution in [2.75, 3.05) is 22.1 Å². The van der Waals surface area contributed by atoms with Crippen LogP contribution in [0.5, 0.6) is 0 Å². The van der Waals surface area contributed by atoms with E-state index in [1.54, 1.807) is 36.1 Å². The van der Waals surface area contributed by atoms with Gasteiger partial charge in [-0.1, -0.05) is 38.5 Å². The van der Waals surface area contributed by atoms with Crippen LogP contribution in [0.4, 0.5) is 17.1 Å². The van der Waals surface area contributed by atoms with E-state index in [4.69, 9.17) is 0 Å². The first-order valence-corrected chi connectivity index (χ1v) is 10.6. The third-order valence-electron chi connectivity index (χ3n) is 5.30. The molecule has 1 aliphatic rings. The third-order valence-corrected chi connectivity index (χ3v) is 5.30. The molecule has 0 radical (unpaired) electrons. The minimum Gasteiger partial charge on any atom is -0.326 e. The van der Waals surface area contributed by atoms with Gasteiger partial charge in [-0.05, 0) is 48.7 Å². The number of aryl methyl sites for hydroxylation is 1. The van der Waals surface area contributed by atoms with Crippen molar-refractivity contribution in [3.05, 3.63) is 54.1 Å². The van der Waals surface area contributed by atoms with Crippen LogP contribution in [0.15, 0.2) is 48.5 Å². The van der Waals surface area contributed by atoms with Gasteiger partial charge in [-0.25, -0.2) is 0 Å². The molecule has 0 aliphatic carbocycles. The van der Waals surface area contributed by atoms with Gasteiger partial charge >= 0.3 is 0 Å². The number of carbonyl (C=O) groups is 3. The largest absolute Gasteiger partial charge is 0.326 e. The molecule has 6 nitrogen and oxygen atoms in total. The number of nitrogens with one attached hydrogen (secondary N) is 2. The Labute approximate surface area is 177 Å². The second kappa shape index (κ2) is 10.1. The van der Waals surface area contributed by atoms with Crippen molar-refractivity contribution in [3.8, 4) is 0 Å². The minimum absolute atomic E-state index is 0.0413. The average Bonchev–Trinajstić information content (AvgIpc) is 3.14. The maximum absolute atomic E-state index is 12.7. The van der Waals surface area contributed by atoms with Crippen LogP contribution < -0.4 is 15.5 Å². The maximum Gasteiger partial charge on any atom is 0.229 e. The summed E-state index contributed by atoms with van der Waals surface area (Å²) in [4.78, 5) is 38.5. The van der Waals surface area contributed by atoms with E-state index in [-0.39, 0.29) is 24.1 Å². The topological polar surface area (TPSA) is 78.5 Å². The SMILES string of the molecule is CCCCc1ccc(N2CC(C(=O)Nc3cccc(NC(=O)CC)c3)CC2=O)cc1. The molecule has 1 fully saturated rings. The second-order valence-corrected chi connectivity index (χ2v) is 7.65. The highest BCUT2D eigenvalue weighted by Gasteiger charge is 2.35. The molecule has 0 spiro atoms. The van der Waals surface area contributed by atoms with Gasteiger partial charge in [0.25, 0.3) is 0 Å². The van der Waals surface area contributed by atoms with Crippen LogP contribution in [0, 0.1) is 5.92 Å². The van der Waals surface area contributed by atoms with Gasteiger partial charge in [-0.15, -0.1) is 0 Å². The molecular weight excluding hydrogens is 378 g/mol. The molecule has 1 aliphatic heterocycles. The average molecular weight is 408 g/mol. The van der Waals surface area contributed by atoms with E-state index in [2.05, 4.69) is 29.7 Å². The number of unbranched alkanes of at least 4 members (excludes halogenated alkanes) is 1. The van der Waals surface area contributed by atoms with Crippen LogP contribution in [-0.4, -0.2) is 24.3 Å². The standard InChI is InChI=1S/C24H29N3O3/c1-3-5-7-17-10-12-21(13-11-17)27-16-18(14-23(27)29)24(30)26-20-9-6-8-19(15-20)25-22(28)4-2/h6,8-13,15,18H,3-5,7,14,16H2,1-2H3,(H,25,28)(H,26,30). The van der Waals surface area contributed by atoms with Gasteiger partial charge in [0.05, 0.1) is 5.92 Å². The number of anilines is 3. The fourth-order valence-electron chi connectivity index (χ4n) is 3.52. The van der Waals surface area contributed by atoms with E-state index < -0.39 is 5.92 Å². The van der Waals surface area contributed by atoms with Crippen LogP contribution >= 0.6 is 0 Å². The van der Waals surface area contributed by atoms with Crippen molar-refractivity contribution in [2.45, 2.75) is 46.0 Å². The first-order valence-electron chi connectivity index (χ1n) is 10.6. The summed E-state index contributed by atoms with van der Waals surface area (Å²) in [6.07, 6.45) is 3.91. The third kappa shape index (κ3) is 5.47. The Bertz CT molecular complexity index is 908. The highest BCUT2D eigenvalue weighted by atomic mass is 16.2. The first-order chi connectivity index (χ1) is 14.5. The van der Waals surface area contributed by atoms with Crippen molar-refractivity contribution < 1.29 is 14.4 Å². The molecule has 0 saturated carbocycles. The van der Waals surface area contributed by atoms with E-state index >= 15 is 0 Å². The fraction of sp³-hybridized carbons (Fsp3) is 0.375. The molecule has 2 aromatic carbocycles. The Kier molecular flexibility index (Phi) is 7.22. The van der Waals surface area contributed by atoms with E-state index in [1.807, 2.05) is 12.1 Å². The highest BCUT2D eigenvalue weighted by Crippen LogP contribution is 2.27. The Morgan fingerprint density at radius 3 is 2.40 bits per heavy atom. The molecule has 30 heavy (non-hydrogen) atoms. The zero-order chi connectivity index (χ0) is 21.5. The lowest BCUT2D eigenvalue weighted by atomic mass is 10.1. The van der Waals surface area contributed by atoms with Gasteiger partial charge in [-0.3, -0.25) is 14.4 Å². The minimum atomic E-state index is -0.411. The number of rotatable bonds is 8. The molecule has 1 heterocycles. The van der Waals surface area contributed by atoms with Crippen molar-refractivity contribution in [1.82, 2.24) is 0 Å². The van der Waals surface area contributed by atoms with Crippen LogP contribution in [0.25, 0.3) is 0 Å². The molecule has 0 aromatic heterocycles. The van der Waals surface area contributed by atoms with Crippen molar-refractivity contribution in [3.63, 3.8) is 0 Å². The van der Waals surface area contributed by atoms with Gasteiger partial charge in [-0.2, -0.15) is 0 Å². The zero-order valence-corrected chi connectivity index (χ0v) is 17.6. The molecule has 158 valence electrons. The predicted octanol–water partition coefficient (Wildman–Crippen LogP) is 4.37. The van der Waals surface area contributed by atoms with Crippen LogP contribution in [0.2, 0.25) is 0 Å². The van der Waals surface area contributed by atoms with Crippen molar-refractivity contribution in [1.29, 1.82) is 0 Å². The van der Waals surface area contributed by atoms with E-state index in [1.165, 1.54) is 5.56 Å². The van der Waals surface area contributed by atoms with Crippen molar-refractivity contribution >= 4 is 34.8 Å². The monoisotopic (exact) mass is 407 g/mol. The molecule has 2 N–H and O–H groups in total. The van der Waals surface area contributed by atoms with Crippen LogP contribution in [-0.2, 0) is 20.8 Å². The number of nitrogens with zero attached hydrogens (tertiary/aromatic N) is 1. The summed E-state index contributed by atoms with van der Waals surface area (Å²) in [7, 11) is 0. The molecule has 1 unspecified atom stereocenters. The molecule has 1 atom stereocenters. The van der Waals surface area contributed by atoms with Crippen molar-refractivity contribution in [2.24, 2.45) is 5.92 Å². The summed E-state index contributed by atoms with van der Waals surface area (Å²) in [5, 5.41) is 5.65. The Hall–Kier alpha value is -3.15. The predicted molar refractivity (Wildman–Crippen MR) is 120 cm³/mol. The Morgan fingerprint density at radius 1 is 1.03 bits per heavy atom. The maximum atomic E-state index is 12.7. The number of hydrogen-bond donors (Lipinski definition) is 2. The molecule has 3 amide bonds. The molecular formula is C24H29N3O3. The lowest BCUT2D eigenvalue weighted by Crippen LogP contribution is -2.28. The Morgan fingerprint density at radius 2 is 1.73 bits per heavy atom. The number of benzene rings is 2. The lowest BCUT2D eigenvalue weighted by molar-refractivity contribution is -0.122. The van der Waals surface area contributed by atoms with Crippen LogP contribution in [0.1, 0.15) is 45.1 Å². The molecule has 2 aromatic rings. The smallest absolute Gasteiger partial charge is 0.229 e. The number of amides is 3. The molecule has 6 heteroatoms. The summed E-state index contributed by atoms with van der Waals surface area (Å²) < 4.78 is 0. The quantitative estimate of drug-likeness (QED) is 0.682. The van der Waals surface area contributed by atoms with Gasteiger partial charge in [0.15, 0.2) is 0 Å². The van der Waals surface area contributed by atoms with Gasteiger partial charge in [0.1, 0.15) is 0 Å². The summed E-state index contributed by atoms with van der Waals surface area (Å²) >= 11 is 0. The summed E-state index contributed by atoms with van der Waals surface area (Å²) in [6, 6.07) is 15.1. The summed E-state index contributed by atoms with van der Waals surface area (Å²) in [5.41, 5.74) is 3.32. The number of carbonyl (C=O) groups excluding carboxylic acids is 3. The summed E-state index contributed by atoms with van der Waals surface area (Å²) in [6.45, 7) is 4.31. The van der Waals surface area contributed by atoms with E-state index in [9.17, 15) is 14.4 Å². The van der Waals surface area contributed by atoms with Gasteiger partial charge in [0.2, 0.25) is 17.7 Å². The van der Waals surface area contributed by atoms with E-state index in [0.717, 1.165) is 24.9 Å². The Balaban J connectivity index is 1.61.